The second-order valence-electron chi connectivity index (χ2n) is 1.42. The van der Waals surface area contributed by atoms with Gasteiger partial charge in [-0.25, -0.2) is 0 Å². The molecule has 0 aromatic carbocycles. The minimum Gasteiger partial charge on any atom is -0.772 e. The molecule has 2 atom stereocenters. The summed E-state index contributed by atoms with van der Waals surface area (Å²) in [5.74, 6) is -1.84. The van der Waals surface area contributed by atoms with Gasteiger partial charge in [0.2, 0.25) is 0 Å². The van der Waals surface area contributed by atoms with E-state index in [2.05, 4.69) is 0 Å². The summed E-state index contributed by atoms with van der Waals surface area (Å²) in [6, 6.07) is -1.30. The largest absolute Gasteiger partial charge is 0.772 e. The van der Waals surface area contributed by atoms with E-state index in [0.717, 1.165) is 0 Å². The Labute approximate surface area is 85.5 Å². The number of nitrogens with two attached hydrogens (primary N) is 1. The summed E-state index contributed by atoms with van der Waals surface area (Å²) in [5, 5.41) is 8.03. The van der Waals surface area contributed by atoms with Gasteiger partial charge < -0.3 is 15.4 Å². The first-order chi connectivity index (χ1) is 4.04. The predicted molar refractivity (Wildman–Crippen MR) is 29.4 cm³/mol. The molecule has 0 aliphatic carbocycles. The standard InChI is InChI=1S/C3H7NO4S.Y/c4-2(3(5)6)1-9(7)8;/h2H,1,4H2,(H,5,6)(H,7,8);/p-1. The molecule has 3 N–H and O–H groups in total. The first-order valence-corrected chi connectivity index (χ1v) is 3.32. The summed E-state index contributed by atoms with van der Waals surface area (Å²) >= 11 is -2.37. The molecule has 0 aliphatic rings. The monoisotopic (exact) mass is 241 g/mol. The van der Waals surface area contributed by atoms with Crippen LogP contribution in [0, 0.1) is 0 Å². The van der Waals surface area contributed by atoms with Crippen molar-refractivity contribution < 1.29 is 51.4 Å². The average Bonchev–Trinajstić information content (AvgIpc) is 1.63. The van der Waals surface area contributed by atoms with Crippen LogP contribution in [0.1, 0.15) is 0 Å². The third-order valence-corrected chi connectivity index (χ3v) is 1.26. The van der Waals surface area contributed by atoms with Crippen molar-refractivity contribution in [3.05, 3.63) is 0 Å². The van der Waals surface area contributed by atoms with Gasteiger partial charge in [0.25, 0.3) is 0 Å². The van der Waals surface area contributed by atoms with Crippen LogP contribution in [0.5, 0.6) is 0 Å². The van der Waals surface area contributed by atoms with Gasteiger partial charge in [-0.05, 0) is 0 Å². The fourth-order valence-electron chi connectivity index (χ4n) is 0.218. The Morgan fingerprint density at radius 3 is 2.30 bits per heavy atom. The molecule has 0 rings (SSSR count). The molecule has 0 aromatic heterocycles. The van der Waals surface area contributed by atoms with Crippen molar-refractivity contribution in [2.45, 2.75) is 6.04 Å². The molecule has 57 valence electrons. The molecule has 0 fully saturated rings. The molecule has 0 aromatic rings. The van der Waals surface area contributed by atoms with Gasteiger partial charge >= 0.3 is 5.97 Å². The van der Waals surface area contributed by atoms with E-state index >= 15 is 0 Å². The van der Waals surface area contributed by atoms with E-state index in [1.807, 2.05) is 0 Å². The summed E-state index contributed by atoms with van der Waals surface area (Å²) in [7, 11) is 0. The number of aliphatic carboxylic acids is 1. The number of carboxylic acids is 1. The van der Waals surface area contributed by atoms with E-state index in [9.17, 15) is 13.6 Å². The first kappa shape index (κ1) is 13.2. The maximum atomic E-state index is 9.84. The van der Waals surface area contributed by atoms with Gasteiger partial charge in [0.1, 0.15) is 6.04 Å². The van der Waals surface area contributed by atoms with Gasteiger partial charge in [-0.3, -0.25) is 9.00 Å². The zero-order valence-electron chi connectivity index (χ0n) is 5.02. The van der Waals surface area contributed by atoms with E-state index in [1.165, 1.54) is 0 Å². The van der Waals surface area contributed by atoms with Crippen molar-refractivity contribution in [3.63, 3.8) is 0 Å². The summed E-state index contributed by atoms with van der Waals surface area (Å²) in [6.45, 7) is 0. The van der Waals surface area contributed by atoms with Gasteiger partial charge in [-0.15, -0.1) is 0 Å². The van der Waals surface area contributed by atoms with E-state index in [0.29, 0.717) is 0 Å². The van der Waals surface area contributed by atoms with Crippen LogP contribution < -0.4 is 5.73 Å². The average molecular weight is 241 g/mol. The summed E-state index contributed by atoms with van der Waals surface area (Å²) in [6.07, 6.45) is 0. The van der Waals surface area contributed by atoms with Crippen molar-refractivity contribution in [1.29, 1.82) is 0 Å². The van der Waals surface area contributed by atoms with Crippen molar-refractivity contribution in [1.82, 2.24) is 0 Å². The molecule has 0 saturated heterocycles. The second-order valence-corrected chi connectivity index (χ2v) is 2.36. The number of carbonyl (C=O) groups is 1. The van der Waals surface area contributed by atoms with Crippen LogP contribution in [0.4, 0.5) is 0 Å². The van der Waals surface area contributed by atoms with Crippen LogP contribution in [0.2, 0.25) is 0 Å². The maximum Gasteiger partial charge on any atom is 0.321 e. The Morgan fingerprint density at radius 1 is 1.80 bits per heavy atom. The quantitative estimate of drug-likeness (QED) is 0.571. The molecule has 0 amide bonds. The van der Waals surface area contributed by atoms with Gasteiger partial charge in [0.05, 0.1) is 0 Å². The third kappa shape index (κ3) is 6.76. The van der Waals surface area contributed by atoms with Crippen molar-refractivity contribution >= 4 is 17.0 Å². The fraction of sp³-hybridized carbons (Fsp3) is 0.667. The molecular weight excluding hydrogens is 235 g/mol. The molecule has 0 saturated carbocycles. The number of hydrogen-bond donors (Lipinski definition) is 2. The molecular formula is C3H6NO4SY-. The minimum atomic E-state index is -2.37. The topological polar surface area (TPSA) is 103 Å². The second kappa shape index (κ2) is 6.36. The normalized spacial score (nSPS) is 15.0. The van der Waals surface area contributed by atoms with Crippen LogP contribution >= 0.6 is 0 Å². The Morgan fingerprint density at radius 2 is 2.20 bits per heavy atom. The molecule has 0 bridgehead atoms. The van der Waals surface area contributed by atoms with Crippen LogP contribution in [0.3, 0.4) is 0 Å². The zero-order valence-corrected chi connectivity index (χ0v) is 8.67. The summed E-state index contributed by atoms with van der Waals surface area (Å²) in [5.41, 5.74) is 4.82. The molecule has 10 heavy (non-hydrogen) atoms. The van der Waals surface area contributed by atoms with E-state index < -0.39 is 28.8 Å². The number of carboxylic acid groups (broad SMARTS) is 1. The minimum absolute atomic E-state index is 0. The van der Waals surface area contributed by atoms with Gasteiger partial charge in [-0.1, -0.05) is 11.1 Å². The Hall–Kier alpha value is 0.644. The van der Waals surface area contributed by atoms with Crippen LogP contribution in [0.25, 0.3) is 0 Å². The van der Waals surface area contributed by atoms with Crippen molar-refractivity contribution in [3.8, 4) is 0 Å². The van der Waals surface area contributed by atoms with Crippen molar-refractivity contribution in [2.24, 2.45) is 5.73 Å². The SMILES string of the molecule is NC(CS(=O)[O-])C(=O)O.[Y]. The first-order valence-electron chi connectivity index (χ1n) is 2.08. The molecule has 5 nitrogen and oxygen atoms in total. The molecule has 0 aliphatic heterocycles. The Bertz CT molecular complexity index is 140. The van der Waals surface area contributed by atoms with Gasteiger partial charge in [0.15, 0.2) is 0 Å². The third-order valence-electron chi connectivity index (χ3n) is 0.633. The van der Waals surface area contributed by atoms with Gasteiger partial charge in [0, 0.05) is 38.5 Å². The molecule has 0 spiro atoms. The van der Waals surface area contributed by atoms with Crippen LogP contribution in [0.15, 0.2) is 0 Å². The van der Waals surface area contributed by atoms with E-state index in [1.54, 1.807) is 0 Å². The Balaban J connectivity index is 0. The summed E-state index contributed by atoms with van der Waals surface area (Å²) < 4.78 is 19.5. The predicted octanol–water partition coefficient (Wildman–Crippen LogP) is -1.73. The number of hydrogen-bond acceptors (Lipinski definition) is 4. The van der Waals surface area contributed by atoms with Crippen molar-refractivity contribution in [2.75, 3.05) is 5.75 Å². The van der Waals surface area contributed by atoms with Crippen LogP contribution in [-0.4, -0.2) is 31.6 Å². The van der Waals surface area contributed by atoms with E-state index in [-0.39, 0.29) is 32.7 Å². The zero-order chi connectivity index (χ0) is 7.44. The smallest absolute Gasteiger partial charge is 0.321 e. The molecule has 0 heterocycles. The molecule has 1 radical (unpaired) electrons. The Kier molecular flexibility index (Phi) is 8.43. The fourth-order valence-corrected chi connectivity index (χ4v) is 0.654. The maximum absolute atomic E-state index is 9.84. The molecule has 7 heteroatoms. The van der Waals surface area contributed by atoms with Gasteiger partial charge in [-0.2, -0.15) is 0 Å². The number of rotatable bonds is 3. The molecule has 2 unspecified atom stereocenters. The van der Waals surface area contributed by atoms with E-state index in [4.69, 9.17) is 10.8 Å². The summed E-state index contributed by atoms with van der Waals surface area (Å²) in [4.78, 5) is 9.84. The van der Waals surface area contributed by atoms with Crippen LogP contribution in [-0.2, 0) is 48.6 Å².